The lowest BCUT2D eigenvalue weighted by atomic mass is 10.1. The molecule has 3 heteroatoms. The molecule has 1 aliphatic heterocycles. The van der Waals surface area contributed by atoms with E-state index in [2.05, 4.69) is 0 Å². The zero-order valence-corrected chi connectivity index (χ0v) is 6.11. The van der Waals surface area contributed by atoms with E-state index < -0.39 is 6.05 Å². The minimum absolute atomic E-state index is 0.0112. The van der Waals surface area contributed by atoms with Crippen LogP contribution in [-0.4, -0.2) is 17.5 Å². The SMILES string of the molecule is C[CH]N1CCCCC1(F)F. The summed E-state index contributed by atoms with van der Waals surface area (Å²) in [6.45, 7) is 3.63. The Morgan fingerprint density at radius 2 is 2.10 bits per heavy atom. The molecular formula is C7H12F2N. The second-order valence-electron chi connectivity index (χ2n) is 2.57. The highest BCUT2D eigenvalue weighted by Crippen LogP contribution is 2.31. The van der Waals surface area contributed by atoms with Gasteiger partial charge in [-0.2, -0.15) is 8.78 Å². The van der Waals surface area contributed by atoms with Crippen LogP contribution in [0.25, 0.3) is 0 Å². The Bertz CT molecular complexity index is 114. The Morgan fingerprint density at radius 3 is 2.50 bits per heavy atom. The quantitative estimate of drug-likeness (QED) is 0.515. The first kappa shape index (κ1) is 7.92. The maximum Gasteiger partial charge on any atom is 0.305 e. The van der Waals surface area contributed by atoms with Gasteiger partial charge in [0.1, 0.15) is 0 Å². The average Bonchev–Trinajstić information content (AvgIpc) is 1.87. The second kappa shape index (κ2) is 2.82. The molecule has 1 rings (SSSR count). The van der Waals surface area contributed by atoms with Crippen LogP contribution in [0.15, 0.2) is 0 Å². The smallest absolute Gasteiger partial charge is 0.240 e. The molecule has 1 saturated heterocycles. The summed E-state index contributed by atoms with van der Waals surface area (Å²) in [4.78, 5) is 1.12. The van der Waals surface area contributed by atoms with Crippen molar-refractivity contribution >= 4 is 0 Å². The van der Waals surface area contributed by atoms with Crippen LogP contribution in [0.4, 0.5) is 8.78 Å². The fourth-order valence-electron chi connectivity index (χ4n) is 1.24. The normalized spacial score (nSPS) is 26.7. The van der Waals surface area contributed by atoms with Gasteiger partial charge < -0.3 is 0 Å². The summed E-state index contributed by atoms with van der Waals surface area (Å²) in [5.74, 6) is 0. The van der Waals surface area contributed by atoms with Crippen LogP contribution in [0.2, 0.25) is 0 Å². The number of piperidine rings is 1. The Kier molecular flexibility index (Phi) is 2.24. The molecule has 1 radical (unpaired) electrons. The van der Waals surface area contributed by atoms with E-state index in [4.69, 9.17) is 0 Å². The monoisotopic (exact) mass is 148 g/mol. The summed E-state index contributed by atoms with van der Waals surface area (Å²) < 4.78 is 25.5. The molecule has 0 atom stereocenters. The summed E-state index contributed by atoms with van der Waals surface area (Å²) in [7, 11) is 0. The van der Waals surface area contributed by atoms with Gasteiger partial charge >= 0.3 is 6.05 Å². The topological polar surface area (TPSA) is 3.24 Å². The summed E-state index contributed by atoms with van der Waals surface area (Å²) in [6, 6.07) is -2.58. The van der Waals surface area contributed by atoms with Gasteiger partial charge in [0.25, 0.3) is 0 Å². The first-order valence-electron chi connectivity index (χ1n) is 3.61. The lowest BCUT2D eigenvalue weighted by Crippen LogP contribution is -2.42. The molecule has 59 valence electrons. The Labute approximate surface area is 60.0 Å². The van der Waals surface area contributed by atoms with Crippen molar-refractivity contribution < 1.29 is 8.78 Å². The lowest BCUT2D eigenvalue weighted by Gasteiger charge is -2.33. The third-order valence-corrected chi connectivity index (χ3v) is 1.86. The van der Waals surface area contributed by atoms with Crippen LogP contribution >= 0.6 is 0 Å². The Morgan fingerprint density at radius 1 is 1.40 bits per heavy atom. The summed E-state index contributed by atoms with van der Waals surface area (Å²) in [5, 5.41) is 0. The standard InChI is InChI=1S/C7H12F2N/c1-2-10-6-4-3-5-7(10,8)9/h2H,3-6H2,1H3. The highest BCUT2D eigenvalue weighted by atomic mass is 19.3. The van der Waals surface area contributed by atoms with Gasteiger partial charge in [0, 0.05) is 19.5 Å². The molecule has 0 N–H and O–H groups in total. The van der Waals surface area contributed by atoms with E-state index in [1.807, 2.05) is 0 Å². The molecule has 10 heavy (non-hydrogen) atoms. The Hall–Kier alpha value is -0.180. The summed E-state index contributed by atoms with van der Waals surface area (Å²) in [5.41, 5.74) is 0. The van der Waals surface area contributed by atoms with E-state index in [1.54, 1.807) is 6.92 Å². The predicted molar refractivity (Wildman–Crippen MR) is 35.5 cm³/mol. The van der Waals surface area contributed by atoms with Crippen molar-refractivity contribution in [3.63, 3.8) is 0 Å². The molecule has 1 heterocycles. The number of alkyl halides is 2. The van der Waals surface area contributed by atoms with E-state index in [-0.39, 0.29) is 6.42 Å². The third kappa shape index (κ3) is 1.45. The zero-order valence-electron chi connectivity index (χ0n) is 6.11. The number of halogens is 2. The molecular weight excluding hydrogens is 136 g/mol. The van der Waals surface area contributed by atoms with Gasteiger partial charge in [-0.25, -0.2) is 4.90 Å². The van der Waals surface area contributed by atoms with Gasteiger partial charge in [-0.05, 0) is 19.8 Å². The lowest BCUT2D eigenvalue weighted by molar-refractivity contribution is -0.152. The van der Waals surface area contributed by atoms with Crippen molar-refractivity contribution in [3.8, 4) is 0 Å². The van der Waals surface area contributed by atoms with E-state index in [9.17, 15) is 8.78 Å². The number of hydrogen-bond donors (Lipinski definition) is 0. The minimum atomic E-state index is -2.58. The van der Waals surface area contributed by atoms with E-state index in [0.717, 1.165) is 11.3 Å². The zero-order chi connectivity index (χ0) is 7.61. The molecule has 1 fully saturated rings. The van der Waals surface area contributed by atoms with Gasteiger partial charge in [0.15, 0.2) is 0 Å². The van der Waals surface area contributed by atoms with Crippen molar-refractivity contribution in [2.45, 2.75) is 32.2 Å². The molecule has 0 bridgehead atoms. The predicted octanol–water partition coefficient (Wildman–Crippen LogP) is 2.25. The largest absolute Gasteiger partial charge is 0.305 e. The Balaban J connectivity index is 2.51. The number of likely N-dealkylation sites (tertiary alicyclic amines) is 1. The molecule has 0 amide bonds. The molecule has 1 aliphatic rings. The highest BCUT2D eigenvalue weighted by molar-refractivity contribution is 4.78. The first-order chi connectivity index (χ1) is 4.67. The van der Waals surface area contributed by atoms with Crippen molar-refractivity contribution in [3.05, 3.63) is 6.54 Å². The molecule has 0 saturated carbocycles. The highest BCUT2D eigenvalue weighted by Gasteiger charge is 2.37. The van der Waals surface area contributed by atoms with Gasteiger partial charge in [0.05, 0.1) is 0 Å². The van der Waals surface area contributed by atoms with Gasteiger partial charge in [-0.3, -0.25) is 0 Å². The molecule has 1 nitrogen and oxygen atoms in total. The average molecular weight is 148 g/mol. The first-order valence-corrected chi connectivity index (χ1v) is 3.61. The van der Waals surface area contributed by atoms with E-state index in [0.29, 0.717) is 13.0 Å². The van der Waals surface area contributed by atoms with Gasteiger partial charge in [-0.1, -0.05) is 0 Å². The maximum atomic E-state index is 12.8. The summed E-state index contributed by atoms with van der Waals surface area (Å²) >= 11 is 0. The fraction of sp³-hybridized carbons (Fsp3) is 0.857. The third-order valence-electron chi connectivity index (χ3n) is 1.86. The van der Waals surface area contributed by atoms with Crippen LogP contribution in [0, 0.1) is 6.54 Å². The van der Waals surface area contributed by atoms with Crippen LogP contribution in [-0.2, 0) is 0 Å². The molecule has 0 spiro atoms. The molecule has 0 unspecified atom stereocenters. The summed E-state index contributed by atoms with van der Waals surface area (Å²) in [6.07, 6.45) is 1.55. The van der Waals surface area contributed by atoms with E-state index in [1.165, 1.54) is 6.54 Å². The fourth-order valence-corrected chi connectivity index (χ4v) is 1.24. The van der Waals surface area contributed by atoms with Crippen molar-refractivity contribution in [2.24, 2.45) is 0 Å². The minimum Gasteiger partial charge on any atom is -0.240 e. The maximum absolute atomic E-state index is 12.8. The number of hydrogen-bond acceptors (Lipinski definition) is 1. The van der Waals surface area contributed by atoms with Crippen LogP contribution < -0.4 is 0 Å². The van der Waals surface area contributed by atoms with Crippen molar-refractivity contribution in [1.29, 1.82) is 0 Å². The van der Waals surface area contributed by atoms with E-state index >= 15 is 0 Å². The van der Waals surface area contributed by atoms with Crippen molar-refractivity contribution in [1.82, 2.24) is 4.90 Å². The molecule has 0 aromatic carbocycles. The van der Waals surface area contributed by atoms with Crippen LogP contribution in [0.1, 0.15) is 26.2 Å². The van der Waals surface area contributed by atoms with Gasteiger partial charge in [0.2, 0.25) is 0 Å². The number of nitrogens with zero attached hydrogens (tertiary/aromatic N) is 1. The van der Waals surface area contributed by atoms with Crippen molar-refractivity contribution in [2.75, 3.05) is 6.54 Å². The molecule has 0 aromatic rings. The molecule has 0 aliphatic carbocycles. The van der Waals surface area contributed by atoms with Crippen LogP contribution in [0.5, 0.6) is 0 Å². The van der Waals surface area contributed by atoms with Crippen LogP contribution in [0.3, 0.4) is 0 Å². The number of rotatable bonds is 1. The van der Waals surface area contributed by atoms with Gasteiger partial charge in [-0.15, -0.1) is 0 Å². The molecule has 0 aromatic heterocycles. The second-order valence-corrected chi connectivity index (χ2v) is 2.57.